The first kappa shape index (κ1) is 12.2. The van der Waals surface area contributed by atoms with Crippen LogP contribution < -0.4 is 5.73 Å². The zero-order chi connectivity index (χ0) is 12.3. The van der Waals surface area contributed by atoms with E-state index in [1.807, 2.05) is 20.8 Å². The van der Waals surface area contributed by atoms with Crippen molar-refractivity contribution in [2.24, 2.45) is 0 Å². The molecule has 0 bridgehead atoms. The molecule has 0 radical (unpaired) electrons. The van der Waals surface area contributed by atoms with Gasteiger partial charge in [0.15, 0.2) is 0 Å². The monoisotopic (exact) mass is 223 g/mol. The van der Waals surface area contributed by atoms with E-state index in [1.165, 1.54) is 0 Å². The van der Waals surface area contributed by atoms with E-state index >= 15 is 0 Å². The molecule has 0 atom stereocenters. The molecule has 0 spiro atoms. The van der Waals surface area contributed by atoms with Crippen LogP contribution in [0.15, 0.2) is 12.7 Å². The number of aromatic amines is 1. The maximum absolute atomic E-state index is 12.1. The second-order valence-corrected chi connectivity index (χ2v) is 4.42. The SMILES string of the molecule is C=CCN(C(=O)c1nc(N)n[nH]1)C(C)(C)C. The van der Waals surface area contributed by atoms with E-state index in [0.717, 1.165) is 0 Å². The third-order valence-electron chi connectivity index (χ3n) is 2.07. The van der Waals surface area contributed by atoms with Gasteiger partial charge in [-0.3, -0.25) is 9.89 Å². The quantitative estimate of drug-likeness (QED) is 0.742. The van der Waals surface area contributed by atoms with Gasteiger partial charge in [-0.05, 0) is 20.8 Å². The average Bonchev–Trinajstić information content (AvgIpc) is 2.58. The summed E-state index contributed by atoms with van der Waals surface area (Å²) in [5.41, 5.74) is 5.04. The maximum atomic E-state index is 12.1. The van der Waals surface area contributed by atoms with Gasteiger partial charge in [0.05, 0.1) is 0 Å². The molecule has 0 aromatic carbocycles. The van der Waals surface area contributed by atoms with Crippen LogP contribution in [0.5, 0.6) is 0 Å². The molecule has 1 amide bonds. The Morgan fingerprint density at radius 2 is 2.25 bits per heavy atom. The summed E-state index contributed by atoms with van der Waals surface area (Å²) in [4.78, 5) is 17.5. The first-order chi connectivity index (χ1) is 7.36. The molecule has 0 aliphatic heterocycles. The predicted molar refractivity (Wildman–Crippen MR) is 61.8 cm³/mol. The van der Waals surface area contributed by atoms with E-state index in [2.05, 4.69) is 21.8 Å². The molecular weight excluding hydrogens is 206 g/mol. The summed E-state index contributed by atoms with van der Waals surface area (Å²) in [7, 11) is 0. The topological polar surface area (TPSA) is 87.9 Å². The summed E-state index contributed by atoms with van der Waals surface area (Å²) in [6, 6.07) is 0. The van der Waals surface area contributed by atoms with E-state index < -0.39 is 0 Å². The van der Waals surface area contributed by atoms with Gasteiger partial charge >= 0.3 is 0 Å². The Balaban J connectivity index is 2.96. The number of carbonyl (C=O) groups excluding carboxylic acids is 1. The highest BCUT2D eigenvalue weighted by Gasteiger charge is 2.28. The summed E-state index contributed by atoms with van der Waals surface area (Å²) in [6.07, 6.45) is 1.67. The molecule has 1 rings (SSSR count). The first-order valence-electron chi connectivity index (χ1n) is 4.97. The number of nitrogens with two attached hydrogens (primary N) is 1. The average molecular weight is 223 g/mol. The lowest BCUT2D eigenvalue weighted by Crippen LogP contribution is -2.46. The van der Waals surface area contributed by atoms with Crippen molar-refractivity contribution in [3.8, 4) is 0 Å². The lowest BCUT2D eigenvalue weighted by molar-refractivity contribution is 0.0604. The number of aromatic nitrogens is 3. The number of H-pyrrole nitrogens is 1. The fourth-order valence-electron chi connectivity index (χ4n) is 1.29. The highest BCUT2D eigenvalue weighted by atomic mass is 16.2. The lowest BCUT2D eigenvalue weighted by atomic mass is 10.1. The van der Waals surface area contributed by atoms with Crippen molar-refractivity contribution < 1.29 is 4.79 Å². The van der Waals surface area contributed by atoms with Crippen LogP contribution in [0.25, 0.3) is 0 Å². The van der Waals surface area contributed by atoms with Crippen LogP contribution in [0.4, 0.5) is 5.95 Å². The molecule has 1 aromatic heterocycles. The van der Waals surface area contributed by atoms with Crippen molar-refractivity contribution in [3.05, 3.63) is 18.5 Å². The largest absolute Gasteiger partial charge is 0.366 e. The number of hydrogen-bond acceptors (Lipinski definition) is 4. The molecule has 3 N–H and O–H groups in total. The van der Waals surface area contributed by atoms with Crippen molar-refractivity contribution >= 4 is 11.9 Å². The molecule has 1 aromatic rings. The Bertz CT molecular complexity index is 390. The van der Waals surface area contributed by atoms with Gasteiger partial charge in [-0.25, -0.2) is 0 Å². The number of nitrogens with one attached hydrogen (secondary N) is 1. The van der Waals surface area contributed by atoms with Crippen LogP contribution in [0, 0.1) is 0 Å². The Morgan fingerprint density at radius 1 is 1.62 bits per heavy atom. The molecule has 1 heterocycles. The van der Waals surface area contributed by atoms with Crippen molar-refractivity contribution in [2.75, 3.05) is 12.3 Å². The van der Waals surface area contributed by atoms with Crippen molar-refractivity contribution in [1.29, 1.82) is 0 Å². The fraction of sp³-hybridized carbons (Fsp3) is 0.500. The number of carbonyl (C=O) groups is 1. The number of amides is 1. The Morgan fingerprint density at radius 3 is 2.62 bits per heavy atom. The minimum atomic E-state index is -0.313. The van der Waals surface area contributed by atoms with Gasteiger partial charge in [0, 0.05) is 12.1 Å². The number of nitrogen functional groups attached to an aromatic ring is 1. The van der Waals surface area contributed by atoms with E-state index in [9.17, 15) is 4.79 Å². The minimum Gasteiger partial charge on any atom is -0.366 e. The minimum absolute atomic E-state index is 0.0656. The summed E-state index contributed by atoms with van der Waals surface area (Å²) in [5, 5.41) is 6.14. The molecule has 0 saturated carbocycles. The van der Waals surface area contributed by atoms with Crippen LogP contribution in [0.1, 0.15) is 31.4 Å². The highest BCUT2D eigenvalue weighted by Crippen LogP contribution is 2.15. The van der Waals surface area contributed by atoms with Gasteiger partial charge in [-0.2, -0.15) is 4.98 Å². The Hall–Kier alpha value is -1.85. The third kappa shape index (κ3) is 2.59. The van der Waals surface area contributed by atoms with E-state index in [0.29, 0.717) is 6.54 Å². The second kappa shape index (κ2) is 4.34. The van der Waals surface area contributed by atoms with Crippen molar-refractivity contribution in [1.82, 2.24) is 20.1 Å². The van der Waals surface area contributed by atoms with Crippen LogP contribution in [0.2, 0.25) is 0 Å². The molecule has 88 valence electrons. The Labute approximate surface area is 94.5 Å². The zero-order valence-corrected chi connectivity index (χ0v) is 9.82. The molecule has 0 saturated heterocycles. The smallest absolute Gasteiger partial charge is 0.291 e. The highest BCUT2D eigenvalue weighted by molar-refractivity contribution is 5.91. The molecule has 0 aliphatic carbocycles. The van der Waals surface area contributed by atoms with Gasteiger partial charge in [-0.15, -0.1) is 11.7 Å². The first-order valence-corrected chi connectivity index (χ1v) is 4.97. The summed E-state index contributed by atoms with van der Waals surface area (Å²) >= 11 is 0. The molecule has 6 heteroatoms. The molecule has 6 nitrogen and oxygen atoms in total. The lowest BCUT2D eigenvalue weighted by Gasteiger charge is -2.34. The summed E-state index contributed by atoms with van der Waals surface area (Å²) in [6.45, 7) is 9.89. The van der Waals surface area contributed by atoms with Gasteiger partial charge < -0.3 is 10.6 Å². The van der Waals surface area contributed by atoms with Gasteiger partial charge in [0.25, 0.3) is 5.91 Å². The summed E-state index contributed by atoms with van der Waals surface area (Å²) in [5.74, 6) is -0.0262. The van der Waals surface area contributed by atoms with E-state index in [-0.39, 0.29) is 23.2 Å². The van der Waals surface area contributed by atoms with Gasteiger partial charge in [0.1, 0.15) is 0 Å². The normalized spacial score (nSPS) is 11.2. The fourth-order valence-corrected chi connectivity index (χ4v) is 1.29. The number of anilines is 1. The van der Waals surface area contributed by atoms with Gasteiger partial charge in [-0.1, -0.05) is 6.08 Å². The van der Waals surface area contributed by atoms with Crippen LogP contribution in [-0.4, -0.2) is 38.1 Å². The van der Waals surface area contributed by atoms with Crippen LogP contribution >= 0.6 is 0 Å². The van der Waals surface area contributed by atoms with E-state index in [4.69, 9.17) is 5.73 Å². The standard InChI is InChI=1S/C10H17N5O/c1-5-6-15(10(2,3)4)8(16)7-12-9(11)14-13-7/h5H,1,6H2,2-4H3,(H3,11,12,13,14). The number of rotatable bonds is 3. The maximum Gasteiger partial charge on any atom is 0.291 e. The molecule has 0 unspecified atom stereocenters. The predicted octanol–water partition coefficient (Wildman–Crippen LogP) is 0.814. The third-order valence-corrected chi connectivity index (χ3v) is 2.07. The van der Waals surface area contributed by atoms with Crippen LogP contribution in [-0.2, 0) is 0 Å². The van der Waals surface area contributed by atoms with E-state index in [1.54, 1.807) is 11.0 Å². The van der Waals surface area contributed by atoms with Crippen molar-refractivity contribution in [3.63, 3.8) is 0 Å². The molecule has 16 heavy (non-hydrogen) atoms. The zero-order valence-electron chi connectivity index (χ0n) is 9.82. The number of nitrogens with zero attached hydrogens (tertiary/aromatic N) is 3. The van der Waals surface area contributed by atoms with Crippen molar-refractivity contribution in [2.45, 2.75) is 26.3 Å². The second-order valence-electron chi connectivity index (χ2n) is 4.42. The number of hydrogen-bond donors (Lipinski definition) is 2. The molecule has 0 fully saturated rings. The van der Waals surface area contributed by atoms with Gasteiger partial charge in [0.2, 0.25) is 11.8 Å². The molecule has 0 aliphatic rings. The van der Waals surface area contributed by atoms with Crippen LogP contribution in [0.3, 0.4) is 0 Å². The summed E-state index contributed by atoms with van der Waals surface area (Å²) < 4.78 is 0. The molecular formula is C10H17N5O. The Kier molecular flexibility index (Phi) is 3.31.